The van der Waals surface area contributed by atoms with Gasteiger partial charge in [-0.25, -0.2) is 9.97 Å². The Morgan fingerprint density at radius 1 is 1.11 bits per heavy atom. The average Bonchev–Trinajstić information content (AvgIpc) is 2.37. The first-order valence-corrected chi connectivity index (χ1v) is 7.04. The summed E-state index contributed by atoms with van der Waals surface area (Å²) in [6.07, 6.45) is 1.76. The maximum Gasteiger partial charge on any atom is 0.135 e. The summed E-state index contributed by atoms with van der Waals surface area (Å²) in [6.45, 7) is 12.7. The van der Waals surface area contributed by atoms with Crippen LogP contribution in [0, 0.1) is 0 Å². The first-order valence-electron chi connectivity index (χ1n) is 7.04. The minimum atomic E-state index is 0.169. The van der Waals surface area contributed by atoms with Crippen LogP contribution in [0.3, 0.4) is 0 Å². The van der Waals surface area contributed by atoms with Crippen LogP contribution in [-0.4, -0.2) is 35.8 Å². The fraction of sp³-hybridized carbons (Fsp3) is 0.714. The molecule has 1 unspecified atom stereocenters. The van der Waals surface area contributed by atoms with E-state index in [1.54, 1.807) is 6.33 Å². The van der Waals surface area contributed by atoms with E-state index in [4.69, 9.17) is 4.74 Å². The molecule has 1 heterocycles. The molecule has 5 nitrogen and oxygen atoms in total. The summed E-state index contributed by atoms with van der Waals surface area (Å²) in [5.74, 6) is 2.17. The molecule has 0 saturated carbocycles. The maximum atomic E-state index is 5.52. The lowest BCUT2D eigenvalue weighted by atomic mass is 10.0. The van der Waals surface area contributed by atoms with Crippen molar-refractivity contribution in [2.75, 3.05) is 30.3 Å². The molecule has 0 radical (unpaired) electrons. The largest absolute Gasteiger partial charge is 0.377 e. The molecule has 0 aromatic carbocycles. The van der Waals surface area contributed by atoms with Crippen molar-refractivity contribution in [3.63, 3.8) is 0 Å². The van der Waals surface area contributed by atoms with Gasteiger partial charge in [0, 0.05) is 25.3 Å². The van der Waals surface area contributed by atoms with E-state index in [0.29, 0.717) is 5.92 Å². The Labute approximate surface area is 116 Å². The third kappa shape index (κ3) is 4.67. The third-order valence-corrected chi connectivity index (χ3v) is 2.81. The smallest absolute Gasteiger partial charge is 0.135 e. The van der Waals surface area contributed by atoms with E-state index in [1.165, 1.54) is 0 Å². The molecule has 0 saturated heterocycles. The van der Waals surface area contributed by atoms with Crippen LogP contribution in [-0.2, 0) is 4.74 Å². The van der Waals surface area contributed by atoms with Crippen molar-refractivity contribution in [1.82, 2.24) is 9.97 Å². The van der Waals surface area contributed by atoms with E-state index in [-0.39, 0.29) is 6.10 Å². The van der Waals surface area contributed by atoms with Crippen molar-refractivity contribution in [3.05, 3.63) is 11.9 Å². The fourth-order valence-electron chi connectivity index (χ4n) is 1.98. The molecular weight excluding hydrogens is 240 g/mol. The molecular formula is C14H26N4O. The summed E-state index contributed by atoms with van der Waals surface area (Å²) >= 11 is 0. The standard InChI is InChI=1S/C14H26N4O/c1-6-15-13-12(10(3)4)14(18-9-17-13)16-8-11(5)19-7-2/h9-11H,6-8H2,1-5H3,(H2,15,16,17,18). The molecule has 19 heavy (non-hydrogen) atoms. The highest BCUT2D eigenvalue weighted by Crippen LogP contribution is 2.28. The molecule has 0 aliphatic rings. The Kier molecular flexibility index (Phi) is 6.56. The fourth-order valence-corrected chi connectivity index (χ4v) is 1.98. The molecule has 0 bridgehead atoms. The molecule has 1 aromatic heterocycles. The van der Waals surface area contributed by atoms with E-state index in [9.17, 15) is 0 Å². The summed E-state index contributed by atoms with van der Waals surface area (Å²) < 4.78 is 5.52. The number of ether oxygens (including phenoxy) is 1. The van der Waals surface area contributed by atoms with Gasteiger partial charge in [0.05, 0.1) is 6.10 Å². The summed E-state index contributed by atoms with van der Waals surface area (Å²) in [6, 6.07) is 0. The highest BCUT2D eigenvalue weighted by molar-refractivity contribution is 5.58. The van der Waals surface area contributed by atoms with Crippen LogP contribution >= 0.6 is 0 Å². The molecule has 0 aliphatic heterocycles. The number of rotatable bonds is 8. The molecule has 1 rings (SSSR count). The van der Waals surface area contributed by atoms with Gasteiger partial charge in [-0.3, -0.25) is 0 Å². The van der Waals surface area contributed by atoms with Gasteiger partial charge >= 0.3 is 0 Å². The van der Waals surface area contributed by atoms with Crippen LogP contribution in [0.15, 0.2) is 6.33 Å². The van der Waals surface area contributed by atoms with Gasteiger partial charge in [-0.1, -0.05) is 13.8 Å². The molecule has 0 amide bonds. The molecule has 108 valence electrons. The van der Waals surface area contributed by atoms with Crippen LogP contribution in [0.4, 0.5) is 11.6 Å². The lowest BCUT2D eigenvalue weighted by molar-refractivity contribution is 0.0854. The second-order valence-corrected chi connectivity index (χ2v) is 4.82. The predicted molar refractivity (Wildman–Crippen MR) is 79.9 cm³/mol. The van der Waals surface area contributed by atoms with E-state index < -0.39 is 0 Å². The SMILES string of the molecule is CCNc1ncnc(NCC(C)OCC)c1C(C)C. The van der Waals surface area contributed by atoms with Gasteiger partial charge in [-0.2, -0.15) is 0 Å². The van der Waals surface area contributed by atoms with Gasteiger partial charge in [-0.05, 0) is 26.7 Å². The van der Waals surface area contributed by atoms with Gasteiger partial charge in [0.15, 0.2) is 0 Å². The van der Waals surface area contributed by atoms with Crippen molar-refractivity contribution in [2.24, 2.45) is 0 Å². The van der Waals surface area contributed by atoms with Gasteiger partial charge in [0.25, 0.3) is 0 Å². The second-order valence-electron chi connectivity index (χ2n) is 4.82. The average molecular weight is 266 g/mol. The second kappa shape index (κ2) is 7.94. The van der Waals surface area contributed by atoms with Gasteiger partial charge in [-0.15, -0.1) is 0 Å². The Hall–Kier alpha value is -1.36. The van der Waals surface area contributed by atoms with Gasteiger partial charge in [0.2, 0.25) is 0 Å². The third-order valence-electron chi connectivity index (χ3n) is 2.81. The summed E-state index contributed by atoms with van der Waals surface area (Å²) in [7, 11) is 0. The number of nitrogens with one attached hydrogen (secondary N) is 2. The van der Waals surface area contributed by atoms with Crippen LogP contribution in [0.1, 0.15) is 46.1 Å². The quantitative estimate of drug-likeness (QED) is 0.757. The van der Waals surface area contributed by atoms with E-state index >= 15 is 0 Å². The summed E-state index contributed by atoms with van der Waals surface area (Å²) in [5.41, 5.74) is 1.13. The molecule has 0 aliphatic carbocycles. The summed E-state index contributed by atoms with van der Waals surface area (Å²) in [4.78, 5) is 8.68. The number of hydrogen-bond donors (Lipinski definition) is 2. The van der Waals surface area contributed by atoms with Crippen molar-refractivity contribution in [1.29, 1.82) is 0 Å². The number of nitrogens with zero attached hydrogens (tertiary/aromatic N) is 2. The zero-order valence-corrected chi connectivity index (χ0v) is 12.7. The van der Waals surface area contributed by atoms with Crippen molar-refractivity contribution in [2.45, 2.75) is 46.6 Å². The van der Waals surface area contributed by atoms with Crippen molar-refractivity contribution >= 4 is 11.6 Å². The van der Waals surface area contributed by atoms with E-state index in [1.807, 2.05) is 6.92 Å². The molecule has 2 N–H and O–H groups in total. The molecule has 1 aromatic rings. The minimum Gasteiger partial charge on any atom is -0.377 e. The highest BCUT2D eigenvalue weighted by atomic mass is 16.5. The molecule has 0 spiro atoms. The Balaban J connectivity index is 2.84. The maximum absolute atomic E-state index is 5.52. The lowest BCUT2D eigenvalue weighted by Crippen LogP contribution is -2.21. The summed E-state index contributed by atoms with van der Waals surface area (Å²) in [5, 5.41) is 6.65. The Morgan fingerprint density at radius 2 is 1.74 bits per heavy atom. The number of hydrogen-bond acceptors (Lipinski definition) is 5. The monoisotopic (exact) mass is 266 g/mol. The van der Waals surface area contributed by atoms with Crippen LogP contribution < -0.4 is 10.6 Å². The lowest BCUT2D eigenvalue weighted by Gasteiger charge is -2.19. The van der Waals surface area contributed by atoms with Gasteiger partial charge in [0.1, 0.15) is 18.0 Å². The molecule has 1 atom stereocenters. The van der Waals surface area contributed by atoms with Crippen LogP contribution in [0.5, 0.6) is 0 Å². The molecule has 0 fully saturated rings. The first kappa shape index (κ1) is 15.7. The van der Waals surface area contributed by atoms with Crippen LogP contribution in [0.2, 0.25) is 0 Å². The van der Waals surface area contributed by atoms with E-state index in [0.717, 1.165) is 36.9 Å². The predicted octanol–water partition coefficient (Wildman–Crippen LogP) is 2.87. The van der Waals surface area contributed by atoms with E-state index in [2.05, 4.69) is 48.3 Å². The number of aromatic nitrogens is 2. The van der Waals surface area contributed by atoms with Crippen molar-refractivity contribution < 1.29 is 4.74 Å². The van der Waals surface area contributed by atoms with Gasteiger partial charge < -0.3 is 15.4 Å². The Morgan fingerprint density at radius 3 is 2.26 bits per heavy atom. The highest BCUT2D eigenvalue weighted by Gasteiger charge is 2.14. The van der Waals surface area contributed by atoms with Crippen molar-refractivity contribution in [3.8, 4) is 0 Å². The topological polar surface area (TPSA) is 59.1 Å². The first-order chi connectivity index (χ1) is 9.10. The Bertz CT molecular complexity index is 382. The normalized spacial score (nSPS) is 12.5. The zero-order valence-electron chi connectivity index (χ0n) is 12.7. The molecule has 5 heteroatoms. The number of anilines is 2. The van der Waals surface area contributed by atoms with Crippen LogP contribution in [0.25, 0.3) is 0 Å². The zero-order chi connectivity index (χ0) is 14.3. The minimum absolute atomic E-state index is 0.169.